The third-order valence-electron chi connectivity index (χ3n) is 4.32. The molecule has 6 heteroatoms. The molecule has 0 bridgehead atoms. The molecule has 1 fully saturated rings. The Morgan fingerprint density at radius 2 is 1.58 bits per heavy atom. The van der Waals surface area contributed by atoms with Crippen LogP contribution in [0.25, 0.3) is 0 Å². The molecule has 1 aliphatic heterocycles. The zero-order chi connectivity index (χ0) is 17.2. The van der Waals surface area contributed by atoms with Crippen LogP contribution in [0.15, 0.2) is 53.4 Å². The number of para-hydroxylation sites is 1. The van der Waals surface area contributed by atoms with E-state index >= 15 is 0 Å². The summed E-state index contributed by atoms with van der Waals surface area (Å²) in [6.45, 7) is 4.31. The van der Waals surface area contributed by atoms with Crippen molar-refractivity contribution in [1.82, 2.24) is 4.31 Å². The molecule has 1 aliphatic rings. The van der Waals surface area contributed by atoms with Crippen molar-refractivity contribution < 1.29 is 8.42 Å². The molecule has 1 saturated heterocycles. The minimum atomic E-state index is -3.51. The fraction of sp³-hybridized carbons (Fsp3) is 0.278. The number of benzene rings is 2. The number of nitriles is 1. The van der Waals surface area contributed by atoms with Crippen LogP contribution < -0.4 is 4.90 Å². The summed E-state index contributed by atoms with van der Waals surface area (Å²) in [5.41, 5.74) is 2.81. The molecule has 124 valence electrons. The van der Waals surface area contributed by atoms with Gasteiger partial charge < -0.3 is 4.90 Å². The quantitative estimate of drug-likeness (QED) is 0.860. The summed E-state index contributed by atoms with van der Waals surface area (Å²) in [4.78, 5) is 2.46. The van der Waals surface area contributed by atoms with Crippen molar-refractivity contribution in [3.63, 3.8) is 0 Å². The first-order valence-corrected chi connectivity index (χ1v) is 9.27. The zero-order valence-corrected chi connectivity index (χ0v) is 14.3. The zero-order valence-electron chi connectivity index (χ0n) is 13.5. The van der Waals surface area contributed by atoms with Gasteiger partial charge in [0, 0.05) is 31.9 Å². The SMILES string of the molecule is Cc1ccccc1N1CCN(S(=O)(=O)c2ccc(C#N)cc2)CC1. The molecule has 0 saturated carbocycles. The monoisotopic (exact) mass is 341 g/mol. The second kappa shape index (κ2) is 6.63. The van der Waals surface area contributed by atoms with Gasteiger partial charge in [-0.2, -0.15) is 9.57 Å². The standard InChI is InChI=1S/C18H19N3O2S/c1-15-4-2-3-5-18(15)20-10-12-21(13-11-20)24(22,23)17-8-6-16(14-19)7-9-17/h2-9H,10-13H2,1H3. The van der Waals surface area contributed by atoms with Gasteiger partial charge in [0.2, 0.25) is 10.0 Å². The van der Waals surface area contributed by atoms with Crippen LogP contribution in [0, 0.1) is 18.3 Å². The second-order valence-corrected chi connectivity index (χ2v) is 7.75. The molecule has 24 heavy (non-hydrogen) atoms. The largest absolute Gasteiger partial charge is 0.369 e. The Bertz CT molecular complexity index is 862. The predicted molar refractivity (Wildman–Crippen MR) is 93.3 cm³/mol. The lowest BCUT2D eigenvalue weighted by Gasteiger charge is -2.36. The predicted octanol–water partition coefficient (Wildman–Crippen LogP) is 2.38. The van der Waals surface area contributed by atoms with Crippen molar-refractivity contribution in [2.45, 2.75) is 11.8 Å². The van der Waals surface area contributed by atoms with Crippen LogP contribution in [0.4, 0.5) is 5.69 Å². The van der Waals surface area contributed by atoms with E-state index in [0.717, 1.165) is 5.69 Å². The summed E-state index contributed by atoms with van der Waals surface area (Å²) in [7, 11) is -3.51. The van der Waals surface area contributed by atoms with E-state index in [9.17, 15) is 8.42 Å². The number of rotatable bonds is 3. The van der Waals surface area contributed by atoms with E-state index < -0.39 is 10.0 Å². The molecule has 3 rings (SSSR count). The van der Waals surface area contributed by atoms with E-state index in [4.69, 9.17) is 5.26 Å². The molecule has 0 atom stereocenters. The van der Waals surface area contributed by atoms with Crippen LogP contribution in [0.3, 0.4) is 0 Å². The third-order valence-corrected chi connectivity index (χ3v) is 6.23. The molecule has 0 aliphatic carbocycles. The summed E-state index contributed by atoms with van der Waals surface area (Å²) in [5.74, 6) is 0. The Morgan fingerprint density at radius 3 is 2.17 bits per heavy atom. The summed E-state index contributed by atoms with van der Waals surface area (Å²) >= 11 is 0. The van der Waals surface area contributed by atoms with Gasteiger partial charge >= 0.3 is 0 Å². The van der Waals surface area contributed by atoms with Gasteiger partial charge in [-0.15, -0.1) is 0 Å². The Kier molecular flexibility index (Phi) is 4.56. The van der Waals surface area contributed by atoms with Gasteiger partial charge in [-0.1, -0.05) is 18.2 Å². The molecule has 2 aromatic carbocycles. The van der Waals surface area contributed by atoms with Crippen LogP contribution >= 0.6 is 0 Å². The highest BCUT2D eigenvalue weighted by atomic mass is 32.2. The normalized spacial score (nSPS) is 15.9. The van der Waals surface area contributed by atoms with Crippen molar-refractivity contribution in [1.29, 1.82) is 5.26 Å². The maximum atomic E-state index is 12.7. The van der Waals surface area contributed by atoms with Gasteiger partial charge in [-0.05, 0) is 42.8 Å². The first-order valence-electron chi connectivity index (χ1n) is 7.83. The minimum Gasteiger partial charge on any atom is -0.369 e. The molecular formula is C18H19N3O2S. The van der Waals surface area contributed by atoms with Crippen LogP contribution in [0.5, 0.6) is 0 Å². The highest BCUT2D eigenvalue weighted by Crippen LogP contribution is 2.23. The molecule has 0 amide bonds. The molecule has 5 nitrogen and oxygen atoms in total. The van der Waals surface area contributed by atoms with Crippen molar-refractivity contribution in [2.24, 2.45) is 0 Å². The van der Waals surface area contributed by atoms with Gasteiger partial charge in [-0.3, -0.25) is 0 Å². The van der Waals surface area contributed by atoms with E-state index in [-0.39, 0.29) is 4.90 Å². The summed E-state index contributed by atoms with van der Waals surface area (Å²) in [6.07, 6.45) is 0. The van der Waals surface area contributed by atoms with Crippen molar-refractivity contribution in [3.05, 3.63) is 59.7 Å². The maximum absolute atomic E-state index is 12.7. The Labute approximate surface area is 142 Å². The topological polar surface area (TPSA) is 64.4 Å². The molecule has 2 aromatic rings. The number of hydrogen-bond acceptors (Lipinski definition) is 4. The van der Waals surface area contributed by atoms with E-state index in [2.05, 4.69) is 24.0 Å². The van der Waals surface area contributed by atoms with Crippen molar-refractivity contribution in [3.8, 4) is 6.07 Å². The average Bonchev–Trinajstić information content (AvgIpc) is 2.62. The Morgan fingerprint density at radius 1 is 0.958 bits per heavy atom. The van der Waals surface area contributed by atoms with Crippen LogP contribution in [-0.4, -0.2) is 38.9 Å². The lowest BCUT2D eigenvalue weighted by atomic mass is 10.1. The van der Waals surface area contributed by atoms with E-state index in [0.29, 0.717) is 31.7 Å². The Balaban J connectivity index is 1.74. The maximum Gasteiger partial charge on any atom is 0.243 e. The lowest BCUT2D eigenvalue weighted by molar-refractivity contribution is 0.385. The van der Waals surface area contributed by atoms with Crippen LogP contribution in [-0.2, 0) is 10.0 Å². The number of sulfonamides is 1. The van der Waals surface area contributed by atoms with E-state index in [1.54, 1.807) is 0 Å². The van der Waals surface area contributed by atoms with Gasteiger partial charge in [0.05, 0.1) is 16.5 Å². The smallest absolute Gasteiger partial charge is 0.243 e. The summed E-state index contributed by atoms with van der Waals surface area (Å²) in [6, 6.07) is 16.2. The average molecular weight is 341 g/mol. The fourth-order valence-corrected chi connectivity index (χ4v) is 4.36. The lowest BCUT2D eigenvalue weighted by Crippen LogP contribution is -2.48. The number of nitrogens with zero attached hydrogens (tertiary/aromatic N) is 3. The highest BCUT2D eigenvalue weighted by molar-refractivity contribution is 7.89. The van der Waals surface area contributed by atoms with Gasteiger partial charge in [0.1, 0.15) is 0 Å². The number of hydrogen-bond donors (Lipinski definition) is 0. The third kappa shape index (κ3) is 3.14. The fourth-order valence-electron chi connectivity index (χ4n) is 2.94. The molecule has 0 N–H and O–H groups in total. The summed E-state index contributed by atoms with van der Waals surface area (Å²) < 4.78 is 27.0. The highest BCUT2D eigenvalue weighted by Gasteiger charge is 2.28. The molecule has 0 spiro atoms. The number of anilines is 1. The second-order valence-electron chi connectivity index (χ2n) is 5.81. The first kappa shape index (κ1) is 16.5. The van der Waals surface area contributed by atoms with Gasteiger partial charge in [0.15, 0.2) is 0 Å². The molecule has 0 radical (unpaired) electrons. The van der Waals surface area contributed by atoms with E-state index in [1.165, 1.54) is 34.1 Å². The number of aryl methyl sites for hydroxylation is 1. The Hall–Kier alpha value is -2.36. The number of piperazine rings is 1. The van der Waals surface area contributed by atoms with Crippen LogP contribution in [0.1, 0.15) is 11.1 Å². The molecule has 0 unspecified atom stereocenters. The molecule has 0 aromatic heterocycles. The van der Waals surface area contributed by atoms with Crippen molar-refractivity contribution in [2.75, 3.05) is 31.1 Å². The van der Waals surface area contributed by atoms with Gasteiger partial charge in [0.25, 0.3) is 0 Å². The molecular weight excluding hydrogens is 322 g/mol. The summed E-state index contributed by atoms with van der Waals surface area (Å²) in [5, 5.41) is 8.82. The van der Waals surface area contributed by atoms with E-state index in [1.807, 2.05) is 18.2 Å². The molecule has 1 heterocycles. The van der Waals surface area contributed by atoms with Crippen LogP contribution in [0.2, 0.25) is 0 Å². The first-order chi connectivity index (χ1) is 11.5. The van der Waals surface area contributed by atoms with Gasteiger partial charge in [-0.25, -0.2) is 8.42 Å². The minimum absolute atomic E-state index is 0.242. The van der Waals surface area contributed by atoms with Crippen molar-refractivity contribution >= 4 is 15.7 Å².